The third-order valence-electron chi connectivity index (χ3n) is 3.75. The van der Waals surface area contributed by atoms with Crippen molar-refractivity contribution in [2.24, 2.45) is 0 Å². The molecule has 5 heteroatoms. The summed E-state index contributed by atoms with van der Waals surface area (Å²) in [7, 11) is -2.22. The zero-order valence-electron chi connectivity index (χ0n) is 12.1. The van der Waals surface area contributed by atoms with Crippen LogP contribution in [-0.4, -0.2) is 20.0 Å². The number of likely N-dealkylation sites (N-methyl/N-ethyl adjacent to an activating group) is 1. The molecule has 1 aliphatic heterocycles. The molecular formula is C15H19NO3S. The molecule has 0 atom stereocenters. The molecule has 108 valence electrons. The largest absolute Gasteiger partial charge is 0.347 e. The summed E-state index contributed by atoms with van der Waals surface area (Å²) in [5, 5.41) is 0. The first-order chi connectivity index (χ1) is 9.19. The fourth-order valence-electron chi connectivity index (χ4n) is 2.66. The standard InChI is InChI=1S/C15H19NO3S/c1-5-6-7-14-15(2,3)12-10-11(20(17,18)19)8-9-13(12)16(14)4/h5-10H,1-4H3,(H,17,18,19)/b6-5+,14-7-. The van der Waals surface area contributed by atoms with Crippen molar-refractivity contribution < 1.29 is 13.0 Å². The maximum Gasteiger partial charge on any atom is 0.294 e. The molecule has 1 aromatic rings. The summed E-state index contributed by atoms with van der Waals surface area (Å²) in [6.07, 6.45) is 5.93. The van der Waals surface area contributed by atoms with Gasteiger partial charge < -0.3 is 4.90 Å². The summed E-state index contributed by atoms with van der Waals surface area (Å²) in [5.41, 5.74) is 2.62. The van der Waals surface area contributed by atoms with Crippen LogP contribution in [0.1, 0.15) is 26.3 Å². The number of nitrogens with zero attached hydrogens (tertiary/aromatic N) is 1. The number of fused-ring (bicyclic) bond motifs is 1. The lowest BCUT2D eigenvalue weighted by Gasteiger charge is -2.23. The van der Waals surface area contributed by atoms with Crippen LogP contribution in [-0.2, 0) is 15.5 Å². The summed E-state index contributed by atoms with van der Waals surface area (Å²) in [6.45, 7) is 6.03. The van der Waals surface area contributed by atoms with E-state index in [0.29, 0.717) is 0 Å². The first kappa shape index (κ1) is 14.8. The predicted molar refractivity (Wildman–Crippen MR) is 80.6 cm³/mol. The third-order valence-corrected chi connectivity index (χ3v) is 4.60. The number of anilines is 1. The average Bonchev–Trinajstić information content (AvgIpc) is 2.54. The molecule has 0 spiro atoms. The van der Waals surface area contributed by atoms with E-state index in [1.54, 1.807) is 12.1 Å². The minimum atomic E-state index is -4.18. The number of allylic oxidation sites excluding steroid dienone is 4. The normalized spacial score (nSPS) is 19.9. The highest BCUT2D eigenvalue weighted by molar-refractivity contribution is 7.85. The van der Waals surface area contributed by atoms with Crippen LogP contribution in [0.3, 0.4) is 0 Å². The summed E-state index contributed by atoms with van der Waals surface area (Å²) in [5.74, 6) is 0. The number of hydrogen-bond acceptors (Lipinski definition) is 3. The molecule has 0 amide bonds. The maximum absolute atomic E-state index is 11.3. The smallest absolute Gasteiger partial charge is 0.294 e. The van der Waals surface area contributed by atoms with Crippen molar-refractivity contribution in [3.8, 4) is 0 Å². The van der Waals surface area contributed by atoms with Crippen LogP contribution in [0.15, 0.2) is 47.0 Å². The monoisotopic (exact) mass is 293 g/mol. The van der Waals surface area contributed by atoms with Crippen LogP contribution in [0.4, 0.5) is 5.69 Å². The Morgan fingerprint density at radius 3 is 2.50 bits per heavy atom. The van der Waals surface area contributed by atoms with Gasteiger partial charge >= 0.3 is 0 Å². The first-order valence-electron chi connectivity index (χ1n) is 6.39. The zero-order valence-corrected chi connectivity index (χ0v) is 12.9. The zero-order chi connectivity index (χ0) is 15.1. The van der Waals surface area contributed by atoms with Crippen LogP contribution < -0.4 is 4.90 Å². The second kappa shape index (κ2) is 4.75. The fraction of sp³-hybridized carbons (Fsp3) is 0.333. The summed E-state index contributed by atoms with van der Waals surface area (Å²) < 4.78 is 31.8. The van der Waals surface area contributed by atoms with Gasteiger partial charge in [0.2, 0.25) is 0 Å². The van der Waals surface area contributed by atoms with E-state index in [-0.39, 0.29) is 10.3 Å². The van der Waals surface area contributed by atoms with E-state index in [2.05, 4.69) is 0 Å². The van der Waals surface area contributed by atoms with Gasteiger partial charge in [-0.15, -0.1) is 0 Å². The van der Waals surface area contributed by atoms with Crippen LogP contribution >= 0.6 is 0 Å². The van der Waals surface area contributed by atoms with Crippen molar-refractivity contribution in [3.63, 3.8) is 0 Å². The van der Waals surface area contributed by atoms with Gasteiger partial charge in [0.1, 0.15) is 0 Å². The van der Waals surface area contributed by atoms with E-state index < -0.39 is 10.1 Å². The molecule has 0 fully saturated rings. The van der Waals surface area contributed by atoms with Crippen LogP contribution in [0.5, 0.6) is 0 Å². The van der Waals surface area contributed by atoms with Gasteiger partial charge in [-0.25, -0.2) is 0 Å². The van der Waals surface area contributed by atoms with Crippen LogP contribution in [0.25, 0.3) is 0 Å². The van der Waals surface area contributed by atoms with Crippen LogP contribution in [0, 0.1) is 0 Å². The molecule has 0 aromatic heterocycles. The van der Waals surface area contributed by atoms with E-state index in [0.717, 1.165) is 16.9 Å². The Morgan fingerprint density at radius 1 is 1.30 bits per heavy atom. The maximum atomic E-state index is 11.3. The Kier molecular flexibility index (Phi) is 3.52. The van der Waals surface area contributed by atoms with Gasteiger partial charge in [0.25, 0.3) is 10.1 Å². The van der Waals surface area contributed by atoms with Gasteiger partial charge in [-0.05, 0) is 36.8 Å². The van der Waals surface area contributed by atoms with Crippen molar-refractivity contribution in [1.82, 2.24) is 0 Å². The highest BCUT2D eigenvalue weighted by Gasteiger charge is 2.38. The summed E-state index contributed by atoms with van der Waals surface area (Å²) in [4.78, 5) is 1.98. The molecule has 1 aliphatic rings. The molecule has 0 saturated heterocycles. The highest BCUT2D eigenvalue weighted by Crippen LogP contribution is 2.47. The Morgan fingerprint density at radius 2 is 1.95 bits per heavy atom. The molecule has 0 bridgehead atoms. The molecule has 2 rings (SSSR count). The molecular weight excluding hydrogens is 274 g/mol. The lowest BCUT2D eigenvalue weighted by molar-refractivity contribution is 0.483. The number of hydrogen-bond donors (Lipinski definition) is 1. The topological polar surface area (TPSA) is 57.6 Å². The SMILES string of the molecule is C/C=C/C=C1\N(C)c2ccc(S(=O)(=O)O)cc2C1(C)C. The van der Waals surface area contributed by atoms with Crippen molar-refractivity contribution in [2.75, 3.05) is 11.9 Å². The second-order valence-electron chi connectivity index (χ2n) is 5.42. The van der Waals surface area contributed by atoms with E-state index >= 15 is 0 Å². The molecule has 20 heavy (non-hydrogen) atoms. The predicted octanol–water partition coefficient (Wildman–Crippen LogP) is 3.12. The van der Waals surface area contributed by atoms with Gasteiger partial charge in [-0.2, -0.15) is 8.42 Å². The Hall–Kier alpha value is -1.59. The molecule has 0 radical (unpaired) electrons. The highest BCUT2D eigenvalue weighted by atomic mass is 32.2. The lowest BCUT2D eigenvalue weighted by Crippen LogP contribution is -2.22. The Bertz CT molecular complexity index is 700. The molecule has 1 N–H and O–H groups in total. The van der Waals surface area contributed by atoms with Crippen molar-refractivity contribution in [1.29, 1.82) is 0 Å². The van der Waals surface area contributed by atoms with Crippen molar-refractivity contribution >= 4 is 15.8 Å². The number of rotatable bonds is 2. The lowest BCUT2D eigenvalue weighted by atomic mass is 9.84. The van der Waals surface area contributed by atoms with Crippen molar-refractivity contribution in [2.45, 2.75) is 31.1 Å². The molecule has 1 heterocycles. The van der Waals surface area contributed by atoms with Crippen molar-refractivity contribution in [3.05, 3.63) is 47.7 Å². The van der Waals surface area contributed by atoms with Gasteiger partial charge in [-0.3, -0.25) is 4.55 Å². The molecule has 0 aliphatic carbocycles. The summed E-state index contributed by atoms with van der Waals surface area (Å²) in [6, 6.07) is 4.72. The first-order valence-corrected chi connectivity index (χ1v) is 7.83. The molecule has 4 nitrogen and oxygen atoms in total. The molecule has 1 aromatic carbocycles. The van der Waals surface area contributed by atoms with E-state index in [1.165, 1.54) is 6.07 Å². The van der Waals surface area contributed by atoms with Gasteiger partial charge in [0, 0.05) is 23.8 Å². The molecule has 0 saturated carbocycles. The Balaban J connectivity index is 2.65. The van der Waals surface area contributed by atoms with E-state index in [4.69, 9.17) is 0 Å². The number of benzene rings is 1. The quantitative estimate of drug-likeness (QED) is 0.851. The Labute approximate surface area is 120 Å². The minimum absolute atomic E-state index is 0.0648. The van der Waals surface area contributed by atoms with Gasteiger partial charge in [0.15, 0.2) is 0 Å². The van der Waals surface area contributed by atoms with E-state index in [9.17, 15) is 13.0 Å². The van der Waals surface area contributed by atoms with Gasteiger partial charge in [-0.1, -0.05) is 26.0 Å². The molecule has 0 unspecified atom stereocenters. The van der Waals surface area contributed by atoms with E-state index in [1.807, 2.05) is 50.9 Å². The van der Waals surface area contributed by atoms with Crippen LogP contribution in [0.2, 0.25) is 0 Å². The average molecular weight is 293 g/mol. The summed E-state index contributed by atoms with van der Waals surface area (Å²) >= 11 is 0. The second-order valence-corrected chi connectivity index (χ2v) is 6.84. The third kappa shape index (κ3) is 2.27. The fourth-order valence-corrected chi connectivity index (χ4v) is 3.17. The minimum Gasteiger partial charge on any atom is -0.347 e. The van der Waals surface area contributed by atoms with Gasteiger partial charge in [0.05, 0.1) is 4.90 Å².